The number of hydrogen-bond acceptors (Lipinski definition) is 2. The molecule has 0 spiro atoms. The van der Waals surface area contributed by atoms with Gasteiger partial charge in [0.25, 0.3) is 0 Å². The maximum absolute atomic E-state index is 6.11. The highest BCUT2D eigenvalue weighted by Gasteiger charge is 2.21. The van der Waals surface area contributed by atoms with Crippen LogP contribution in [0.2, 0.25) is 0 Å². The van der Waals surface area contributed by atoms with Gasteiger partial charge in [0.15, 0.2) is 0 Å². The van der Waals surface area contributed by atoms with Crippen molar-refractivity contribution in [1.29, 1.82) is 0 Å². The van der Waals surface area contributed by atoms with Gasteiger partial charge in [-0.25, -0.2) is 0 Å². The molecule has 0 atom stereocenters. The lowest BCUT2D eigenvalue weighted by Gasteiger charge is -2.28. The molecule has 1 aromatic carbocycles. The van der Waals surface area contributed by atoms with E-state index in [2.05, 4.69) is 55.2 Å². The number of nitrogens with zero attached hydrogens (tertiary/aromatic N) is 1. The molecule has 1 aliphatic rings. The van der Waals surface area contributed by atoms with Crippen molar-refractivity contribution >= 4 is 0 Å². The average molecular weight is 394 g/mol. The van der Waals surface area contributed by atoms with Gasteiger partial charge >= 0.3 is 0 Å². The first kappa shape index (κ1) is 21.9. The lowest BCUT2D eigenvalue weighted by Crippen LogP contribution is -2.20. The Kier molecular flexibility index (Phi) is 9.05. The van der Waals surface area contributed by atoms with Gasteiger partial charge in [-0.05, 0) is 73.4 Å². The predicted octanol–water partition coefficient (Wildman–Crippen LogP) is 7.86. The monoisotopic (exact) mass is 393 g/mol. The molecule has 0 bridgehead atoms. The molecule has 0 amide bonds. The average Bonchev–Trinajstić information content (AvgIpc) is 2.78. The van der Waals surface area contributed by atoms with Crippen LogP contribution in [0.4, 0.5) is 0 Å². The third-order valence-corrected chi connectivity index (χ3v) is 6.46. The first-order chi connectivity index (χ1) is 14.3. The second kappa shape index (κ2) is 12.0. The SMILES string of the molecule is CCCCC[C@H]1CC[C@H](COc2ccc(-c3ccc(CCCC)cn3)cc2)CC1. The molecular weight excluding hydrogens is 354 g/mol. The molecule has 1 heterocycles. The number of benzene rings is 1. The molecule has 2 nitrogen and oxygen atoms in total. The maximum Gasteiger partial charge on any atom is 0.119 e. The molecule has 1 aliphatic carbocycles. The van der Waals surface area contributed by atoms with E-state index < -0.39 is 0 Å². The van der Waals surface area contributed by atoms with Crippen molar-refractivity contribution in [3.63, 3.8) is 0 Å². The molecule has 29 heavy (non-hydrogen) atoms. The van der Waals surface area contributed by atoms with Crippen LogP contribution >= 0.6 is 0 Å². The highest BCUT2D eigenvalue weighted by Crippen LogP contribution is 2.32. The van der Waals surface area contributed by atoms with Crippen molar-refractivity contribution in [2.24, 2.45) is 11.8 Å². The largest absolute Gasteiger partial charge is 0.493 e. The Bertz CT molecular complexity index is 683. The van der Waals surface area contributed by atoms with E-state index in [0.717, 1.165) is 41.9 Å². The van der Waals surface area contributed by atoms with Crippen LogP contribution in [0.5, 0.6) is 5.75 Å². The quantitative estimate of drug-likeness (QED) is 0.362. The first-order valence-corrected chi connectivity index (χ1v) is 12.0. The molecule has 0 radical (unpaired) electrons. The summed E-state index contributed by atoms with van der Waals surface area (Å²) in [6.45, 7) is 5.39. The number of unbranched alkanes of at least 4 members (excludes halogenated alkanes) is 3. The molecule has 1 saturated carbocycles. The molecule has 3 rings (SSSR count). The minimum atomic E-state index is 0.731. The van der Waals surface area contributed by atoms with E-state index in [1.165, 1.54) is 69.8 Å². The van der Waals surface area contributed by atoms with Crippen molar-refractivity contribution in [2.75, 3.05) is 6.61 Å². The number of aromatic nitrogens is 1. The van der Waals surface area contributed by atoms with Crippen LogP contribution < -0.4 is 4.74 Å². The summed E-state index contributed by atoms with van der Waals surface area (Å²) < 4.78 is 6.11. The summed E-state index contributed by atoms with van der Waals surface area (Å²) in [7, 11) is 0. The highest BCUT2D eigenvalue weighted by atomic mass is 16.5. The minimum absolute atomic E-state index is 0.731. The van der Waals surface area contributed by atoms with Crippen LogP contribution in [-0.4, -0.2) is 11.6 Å². The number of ether oxygens (including phenoxy) is 1. The van der Waals surface area contributed by atoms with Gasteiger partial charge in [-0.2, -0.15) is 0 Å². The number of rotatable bonds is 11. The van der Waals surface area contributed by atoms with E-state index in [0.29, 0.717) is 0 Å². The summed E-state index contributed by atoms with van der Waals surface area (Å²) in [6, 6.07) is 12.8. The van der Waals surface area contributed by atoms with Crippen molar-refractivity contribution in [1.82, 2.24) is 4.98 Å². The molecule has 1 aromatic heterocycles. The van der Waals surface area contributed by atoms with E-state index in [-0.39, 0.29) is 0 Å². The standard InChI is InChI=1S/C27H39NO/c1-3-5-7-9-22-10-12-24(13-11-22)21-29-26-17-15-25(16-18-26)27-19-14-23(20-28-27)8-6-4-2/h14-20,22,24H,3-13,21H2,1-2H3/t22-,24-. The summed E-state index contributed by atoms with van der Waals surface area (Å²) in [5, 5.41) is 0. The molecular formula is C27H39NO. The van der Waals surface area contributed by atoms with Crippen LogP contribution in [0.25, 0.3) is 11.3 Å². The zero-order valence-electron chi connectivity index (χ0n) is 18.5. The number of pyridine rings is 1. The topological polar surface area (TPSA) is 22.1 Å². The molecule has 0 N–H and O–H groups in total. The highest BCUT2D eigenvalue weighted by molar-refractivity contribution is 5.60. The van der Waals surface area contributed by atoms with Crippen LogP contribution in [0, 0.1) is 11.8 Å². The zero-order valence-corrected chi connectivity index (χ0v) is 18.5. The second-order valence-corrected chi connectivity index (χ2v) is 8.87. The molecule has 0 saturated heterocycles. The van der Waals surface area contributed by atoms with Crippen molar-refractivity contribution in [3.05, 3.63) is 48.2 Å². The van der Waals surface area contributed by atoms with E-state index in [1.54, 1.807) is 0 Å². The van der Waals surface area contributed by atoms with Gasteiger partial charge in [0.05, 0.1) is 12.3 Å². The fourth-order valence-electron chi connectivity index (χ4n) is 4.43. The van der Waals surface area contributed by atoms with Crippen LogP contribution in [0.15, 0.2) is 42.6 Å². The summed E-state index contributed by atoms with van der Waals surface area (Å²) in [5.74, 6) is 2.69. The van der Waals surface area contributed by atoms with E-state index in [9.17, 15) is 0 Å². The lowest BCUT2D eigenvalue weighted by atomic mass is 9.80. The van der Waals surface area contributed by atoms with Gasteiger partial charge in [-0.3, -0.25) is 4.98 Å². The Morgan fingerprint density at radius 3 is 2.21 bits per heavy atom. The number of hydrogen-bond donors (Lipinski definition) is 0. The van der Waals surface area contributed by atoms with Gasteiger partial charge in [-0.15, -0.1) is 0 Å². The zero-order chi connectivity index (χ0) is 20.3. The van der Waals surface area contributed by atoms with Crippen molar-refractivity contribution in [3.8, 4) is 17.0 Å². The molecule has 2 heteroatoms. The molecule has 158 valence electrons. The third-order valence-electron chi connectivity index (χ3n) is 6.46. The molecule has 0 unspecified atom stereocenters. The summed E-state index contributed by atoms with van der Waals surface area (Å²) in [4.78, 5) is 4.64. The van der Waals surface area contributed by atoms with Crippen LogP contribution in [-0.2, 0) is 6.42 Å². The minimum Gasteiger partial charge on any atom is -0.493 e. The summed E-state index contributed by atoms with van der Waals surface area (Å²) >= 11 is 0. The van der Waals surface area contributed by atoms with Gasteiger partial charge < -0.3 is 4.74 Å². The van der Waals surface area contributed by atoms with Crippen LogP contribution in [0.3, 0.4) is 0 Å². The van der Waals surface area contributed by atoms with Gasteiger partial charge in [0.1, 0.15) is 5.75 Å². The van der Waals surface area contributed by atoms with Gasteiger partial charge in [0, 0.05) is 11.8 Å². The predicted molar refractivity (Wildman–Crippen MR) is 123 cm³/mol. The van der Waals surface area contributed by atoms with E-state index in [4.69, 9.17) is 4.74 Å². The Morgan fingerprint density at radius 1 is 0.828 bits per heavy atom. The van der Waals surface area contributed by atoms with E-state index >= 15 is 0 Å². The summed E-state index contributed by atoms with van der Waals surface area (Å²) in [6.07, 6.45) is 16.7. The molecule has 1 fully saturated rings. The maximum atomic E-state index is 6.11. The summed E-state index contributed by atoms with van der Waals surface area (Å²) in [5.41, 5.74) is 3.53. The third kappa shape index (κ3) is 7.17. The van der Waals surface area contributed by atoms with Crippen molar-refractivity contribution < 1.29 is 4.74 Å². The van der Waals surface area contributed by atoms with Gasteiger partial charge in [-0.1, -0.05) is 64.9 Å². The van der Waals surface area contributed by atoms with Crippen molar-refractivity contribution in [2.45, 2.75) is 84.5 Å². The fraction of sp³-hybridized carbons (Fsp3) is 0.593. The smallest absolute Gasteiger partial charge is 0.119 e. The Hall–Kier alpha value is -1.83. The Labute approximate surface area is 178 Å². The number of aryl methyl sites for hydroxylation is 1. The normalized spacial score (nSPS) is 19.2. The second-order valence-electron chi connectivity index (χ2n) is 8.87. The van der Waals surface area contributed by atoms with Gasteiger partial charge in [0.2, 0.25) is 0 Å². The lowest BCUT2D eigenvalue weighted by molar-refractivity contribution is 0.177. The van der Waals surface area contributed by atoms with Crippen LogP contribution in [0.1, 0.15) is 83.6 Å². The fourth-order valence-corrected chi connectivity index (χ4v) is 4.43. The first-order valence-electron chi connectivity index (χ1n) is 12.0. The molecule has 2 aromatic rings. The Morgan fingerprint density at radius 2 is 1.55 bits per heavy atom. The van der Waals surface area contributed by atoms with E-state index in [1.807, 2.05) is 6.20 Å². The Balaban J connectivity index is 1.42. The molecule has 0 aliphatic heterocycles.